The molecule has 5 aliphatic heterocycles. The molecule has 61 heavy (non-hydrogen) atoms. The Hall–Kier alpha value is -1.98. The molecule has 0 radical (unpaired) electrons. The zero-order valence-electron chi connectivity index (χ0n) is 33.0. The molecule has 25 atom stereocenters. The van der Waals surface area contributed by atoms with Crippen molar-refractivity contribution in [1.82, 2.24) is 10.6 Å². The summed E-state index contributed by atoms with van der Waals surface area (Å²) in [6, 6.07) is -3.24. The molecule has 10 unspecified atom stereocenters. The number of hydrogen-bond acceptors (Lipinski definition) is 25. The van der Waals surface area contributed by atoms with Crippen LogP contribution in [0.1, 0.15) is 20.8 Å². The number of hydrogen-bond donors (Lipinski definition) is 16. The van der Waals surface area contributed by atoms with Crippen molar-refractivity contribution in [2.75, 3.05) is 26.4 Å². The first kappa shape index (κ1) is 50.0. The average Bonchev–Trinajstić information content (AvgIpc) is 3.21. The van der Waals surface area contributed by atoms with Gasteiger partial charge >= 0.3 is 0 Å². The van der Waals surface area contributed by atoms with E-state index in [-0.39, 0.29) is 0 Å². The van der Waals surface area contributed by atoms with Crippen molar-refractivity contribution in [3.05, 3.63) is 0 Å². The van der Waals surface area contributed by atoms with Crippen molar-refractivity contribution < 1.29 is 124 Å². The van der Waals surface area contributed by atoms with Crippen molar-refractivity contribution in [2.45, 2.75) is 174 Å². The second kappa shape index (κ2) is 21.3. The maximum absolute atomic E-state index is 12.7. The molecular weight excluding hydrogens is 836 g/mol. The van der Waals surface area contributed by atoms with E-state index in [4.69, 9.17) is 42.6 Å². The standard InChI is InChI=1S/C34H58N2O25/c1-8-17(43)22(48)24(50)32(53-8)61-29-23(49)18(44)11(4-37)57-34(29)59-27-16(36-10(3)42)31(55-12(5-38)19(27)45)60-28-20(46)13(6-39)56-33(25(28)51)58-26-14(7-40)54-30(52)15(21(26)47)35-9(2)41/h8,11-34,37-40,43-52H,4-7H2,1-3H3,(H,35,41)(H,36,42)/t8?,11?,12?,13?,14?,15?,16?,17-,18+,19-,20+,21-,22+,23+,24?,25?,26-,27-,28+,29?,30-,31+,32+,33+,34+/m1/s1. The lowest BCUT2D eigenvalue weighted by Gasteiger charge is -2.51. The molecule has 5 rings (SSSR count). The highest BCUT2D eigenvalue weighted by atomic mass is 16.8. The highest BCUT2D eigenvalue weighted by molar-refractivity contribution is 5.73. The van der Waals surface area contributed by atoms with E-state index in [1.807, 2.05) is 0 Å². The van der Waals surface area contributed by atoms with Gasteiger partial charge in [-0.05, 0) is 6.92 Å². The Morgan fingerprint density at radius 1 is 0.426 bits per heavy atom. The summed E-state index contributed by atoms with van der Waals surface area (Å²) in [5.74, 6) is -1.52. The Morgan fingerprint density at radius 2 is 0.885 bits per heavy atom. The summed E-state index contributed by atoms with van der Waals surface area (Å²) in [6.45, 7) is -0.281. The van der Waals surface area contributed by atoms with Crippen LogP contribution in [0.2, 0.25) is 0 Å². The summed E-state index contributed by atoms with van der Waals surface area (Å²) in [6.07, 6.45) is -41.4. The SMILES string of the molecule is CC(=O)NC1[C@H](O)OC(CO)[C@@H](O[C@@H]2OC(CO)[C@H](O)[C@H](O[C@@H]3OC(CO)[C@@H](O)[C@H](O[C@@H]4OC(CO)[C@H](O)[C@H](O)C4O[C@@H]4OC(C)[C@@H](O)[C@H](O)C4O)C3NC(C)=O)C2O)[C@@H]1O. The third-order valence-electron chi connectivity index (χ3n) is 11.1. The molecule has 5 saturated heterocycles. The van der Waals surface area contributed by atoms with Gasteiger partial charge < -0.3 is 125 Å². The molecule has 27 heteroatoms. The Bertz CT molecular complexity index is 1420. The first-order valence-corrected chi connectivity index (χ1v) is 19.5. The van der Waals surface area contributed by atoms with Crippen LogP contribution in [0.25, 0.3) is 0 Å². The fourth-order valence-electron chi connectivity index (χ4n) is 7.76. The lowest BCUT2D eigenvalue weighted by Crippen LogP contribution is -2.70. The highest BCUT2D eigenvalue weighted by Gasteiger charge is 2.57. The van der Waals surface area contributed by atoms with E-state index in [2.05, 4.69) is 10.6 Å². The molecule has 0 aromatic carbocycles. The number of ether oxygens (including phenoxy) is 9. The van der Waals surface area contributed by atoms with E-state index in [1.165, 1.54) is 6.92 Å². The van der Waals surface area contributed by atoms with Crippen molar-refractivity contribution in [3.63, 3.8) is 0 Å². The van der Waals surface area contributed by atoms with Crippen LogP contribution < -0.4 is 10.6 Å². The van der Waals surface area contributed by atoms with E-state index in [0.29, 0.717) is 0 Å². The largest absolute Gasteiger partial charge is 0.394 e. The lowest BCUT2D eigenvalue weighted by atomic mass is 9.94. The van der Waals surface area contributed by atoms with Crippen molar-refractivity contribution in [1.29, 1.82) is 0 Å². The van der Waals surface area contributed by atoms with Crippen molar-refractivity contribution >= 4 is 11.8 Å². The average molecular weight is 895 g/mol. The van der Waals surface area contributed by atoms with Crippen LogP contribution in [0.4, 0.5) is 0 Å². The minimum Gasteiger partial charge on any atom is -0.394 e. The Balaban J connectivity index is 1.44. The summed E-state index contributed by atoms with van der Waals surface area (Å²) < 4.78 is 51.4. The predicted octanol–water partition coefficient (Wildman–Crippen LogP) is -10.6. The van der Waals surface area contributed by atoms with Gasteiger partial charge in [-0.25, -0.2) is 0 Å². The number of carbonyl (C=O) groups is 2. The van der Waals surface area contributed by atoms with Crippen LogP contribution in [0.5, 0.6) is 0 Å². The van der Waals surface area contributed by atoms with E-state index in [0.717, 1.165) is 13.8 Å². The van der Waals surface area contributed by atoms with Crippen LogP contribution in [-0.4, -0.2) is 263 Å². The zero-order valence-corrected chi connectivity index (χ0v) is 33.0. The summed E-state index contributed by atoms with van der Waals surface area (Å²) in [4.78, 5) is 24.4. The fraction of sp³-hybridized carbons (Fsp3) is 0.941. The van der Waals surface area contributed by atoms with E-state index in [9.17, 15) is 81.1 Å². The second-order valence-electron chi connectivity index (χ2n) is 15.4. The molecule has 0 aromatic rings. The topological polar surface area (TPSA) is 424 Å². The molecule has 5 aliphatic rings. The molecule has 0 spiro atoms. The molecule has 2 amide bonds. The number of aliphatic hydroxyl groups excluding tert-OH is 14. The normalized spacial score (nSPS) is 49.6. The molecule has 5 fully saturated rings. The number of aliphatic hydroxyl groups is 14. The van der Waals surface area contributed by atoms with Crippen molar-refractivity contribution in [2.24, 2.45) is 0 Å². The zero-order chi connectivity index (χ0) is 45.2. The van der Waals surface area contributed by atoms with Crippen molar-refractivity contribution in [3.8, 4) is 0 Å². The van der Waals surface area contributed by atoms with Crippen LogP contribution in [0.3, 0.4) is 0 Å². The lowest BCUT2D eigenvalue weighted by molar-refractivity contribution is -0.389. The number of rotatable bonds is 14. The minimum atomic E-state index is -2.12. The first-order chi connectivity index (χ1) is 28.8. The van der Waals surface area contributed by atoms with Gasteiger partial charge in [0.05, 0.1) is 32.5 Å². The van der Waals surface area contributed by atoms with Crippen LogP contribution in [-0.2, 0) is 52.2 Å². The minimum absolute atomic E-state index is 0.694. The van der Waals surface area contributed by atoms with Gasteiger partial charge in [0, 0.05) is 13.8 Å². The summed E-state index contributed by atoms with van der Waals surface area (Å²) in [7, 11) is 0. The number of amides is 2. The highest BCUT2D eigenvalue weighted by Crippen LogP contribution is 2.36. The second-order valence-corrected chi connectivity index (χ2v) is 15.4. The molecule has 0 bridgehead atoms. The Kier molecular flexibility index (Phi) is 17.5. The van der Waals surface area contributed by atoms with Gasteiger partial charge in [-0.1, -0.05) is 0 Å². The quantitative estimate of drug-likeness (QED) is 0.0770. The van der Waals surface area contributed by atoms with Gasteiger partial charge in [0.2, 0.25) is 11.8 Å². The molecule has 5 heterocycles. The Labute approximate surface area is 346 Å². The summed E-state index contributed by atoms with van der Waals surface area (Å²) >= 11 is 0. The van der Waals surface area contributed by atoms with Gasteiger partial charge in [0.1, 0.15) is 116 Å². The van der Waals surface area contributed by atoms with Gasteiger partial charge in [0.25, 0.3) is 0 Å². The molecule has 354 valence electrons. The summed E-state index contributed by atoms with van der Waals surface area (Å²) in [5.41, 5.74) is 0. The molecule has 0 aliphatic carbocycles. The van der Waals surface area contributed by atoms with Gasteiger partial charge in [-0.15, -0.1) is 0 Å². The van der Waals surface area contributed by atoms with Crippen LogP contribution in [0.15, 0.2) is 0 Å². The van der Waals surface area contributed by atoms with E-state index in [1.54, 1.807) is 0 Å². The molecular formula is C34H58N2O25. The monoisotopic (exact) mass is 894 g/mol. The maximum atomic E-state index is 12.7. The fourth-order valence-corrected chi connectivity index (χ4v) is 7.76. The number of carbonyl (C=O) groups excluding carboxylic acids is 2. The first-order valence-electron chi connectivity index (χ1n) is 19.5. The van der Waals surface area contributed by atoms with Crippen LogP contribution in [0, 0.1) is 0 Å². The van der Waals surface area contributed by atoms with Gasteiger partial charge in [-0.3, -0.25) is 9.59 Å². The summed E-state index contributed by atoms with van der Waals surface area (Å²) in [5, 5.41) is 154. The molecule has 16 N–H and O–H groups in total. The third-order valence-corrected chi connectivity index (χ3v) is 11.1. The third kappa shape index (κ3) is 10.8. The Morgan fingerprint density at radius 3 is 1.46 bits per heavy atom. The molecule has 0 saturated carbocycles. The molecule has 0 aromatic heterocycles. The molecule has 27 nitrogen and oxygen atoms in total. The van der Waals surface area contributed by atoms with Gasteiger partial charge in [0.15, 0.2) is 31.5 Å². The van der Waals surface area contributed by atoms with E-state index < -0.39 is 192 Å². The van der Waals surface area contributed by atoms with Crippen LogP contribution >= 0.6 is 0 Å². The van der Waals surface area contributed by atoms with Gasteiger partial charge in [-0.2, -0.15) is 0 Å². The predicted molar refractivity (Wildman–Crippen MR) is 188 cm³/mol. The maximum Gasteiger partial charge on any atom is 0.217 e. The smallest absolute Gasteiger partial charge is 0.217 e. The number of nitrogens with one attached hydrogen (secondary N) is 2. The van der Waals surface area contributed by atoms with E-state index >= 15 is 0 Å².